The van der Waals surface area contributed by atoms with Gasteiger partial charge in [-0.1, -0.05) is 50.1 Å². The highest BCUT2D eigenvalue weighted by Crippen LogP contribution is 2.37. The van der Waals surface area contributed by atoms with E-state index >= 15 is 0 Å². The maximum atomic E-state index is 12.9. The Kier molecular flexibility index (Phi) is 5.04. The second kappa shape index (κ2) is 7.39. The van der Waals surface area contributed by atoms with Gasteiger partial charge in [-0.2, -0.15) is 0 Å². The predicted octanol–water partition coefficient (Wildman–Crippen LogP) is 3.92. The number of ether oxygens (including phenoxy) is 1. The molecule has 0 bridgehead atoms. The van der Waals surface area contributed by atoms with Gasteiger partial charge < -0.3 is 14.7 Å². The number of phenolic OH excluding ortho intramolecular Hbond substituents is 1. The van der Waals surface area contributed by atoms with Crippen LogP contribution in [0.3, 0.4) is 0 Å². The molecule has 1 N–H and O–H groups in total. The Morgan fingerprint density at radius 2 is 1.92 bits per heavy atom. The molecule has 0 aliphatic carbocycles. The summed E-state index contributed by atoms with van der Waals surface area (Å²) in [6.45, 7) is 2.82. The first-order chi connectivity index (χ1) is 11.7. The van der Waals surface area contributed by atoms with E-state index in [9.17, 15) is 9.90 Å². The fourth-order valence-corrected chi connectivity index (χ4v) is 3.02. The molecule has 0 saturated carbocycles. The number of unbranched alkanes of at least 4 members (excludes halogenated alkanes) is 2. The molecule has 3 rings (SSSR count). The Hall–Kier alpha value is -2.49. The lowest BCUT2D eigenvalue weighted by Gasteiger charge is -2.34. The lowest BCUT2D eigenvalue weighted by Crippen LogP contribution is -2.47. The number of anilines is 1. The minimum atomic E-state index is -0.552. The van der Waals surface area contributed by atoms with Crippen LogP contribution in [0.1, 0.15) is 31.7 Å². The lowest BCUT2D eigenvalue weighted by atomic mass is 10.0. The number of phenols is 1. The Labute approximate surface area is 142 Å². The third kappa shape index (κ3) is 3.53. The minimum Gasteiger partial charge on any atom is -0.508 e. The van der Waals surface area contributed by atoms with Gasteiger partial charge in [0.05, 0.1) is 5.69 Å². The summed E-state index contributed by atoms with van der Waals surface area (Å²) in [4.78, 5) is 14.7. The van der Waals surface area contributed by atoms with E-state index in [-0.39, 0.29) is 11.7 Å². The summed E-state index contributed by atoms with van der Waals surface area (Å²) >= 11 is 0. The number of amides is 1. The van der Waals surface area contributed by atoms with Crippen molar-refractivity contribution in [1.82, 2.24) is 0 Å². The summed E-state index contributed by atoms with van der Waals surface area (Å²) in [6, 6.07) is 14.8. The standard InChI is InChI=1S/C20H23NO3/c1-2-3-7-12-21-17-11-10-16(22)14-18(17)24-19(20(21)23)13-15-8-5-4-6-9-15/h4-6,8-11,14,19,22H,2-3,7,12-13H2,1H3. The molecule has 0 aromatic heterocycles. The number of rotatable bonds is 6. The number of fused-ring (bicyclic) bond motifs is 1. The van der Waals surface area contributed by atoms with E-state index in [1.54, 1.807) is 18.2 Å². The fourth-order valence-electron chi connectivity index (χ4n) is 3.02. The molecule has 0 spiro atoms. The zero-order valence-corrected chi connectivity index (χ0v) is 13.9. The SMILES string of the molecule is CCCCCN1C(=O)C(Cc2ccccc2)Oc2cc(O)ccc21. The second-order valence-corrected chi connectivity index (χ2v) is 6.15. The molecule has 1 heterocycles. The van der Waals surface area contributed by atoms with Crippen LogP contribution in [-0.2, 0) is 11.2 Å². The van der Waals surface area contributed by atoms with E-state index in [4.69, 9.17) is 4.74 Å². The molecule has 1 aliphatic rings. The van der Waals surface area contributed by atoms with Crippen molar-refractivity contribution in [3.8, 4) is 11.5 Å². The average Bonchev–Trinajstić information content (AvgIpc) is 2.59. The summed E-state index contributed by atoms with van der Waals surface area (Å²) in [6.07, 6.45) is 3.12. The van der Waals surface area contributed by atoms with Crippen molar-refractivity contribution in [2.24, 2.45) is 0 Å². The largest absolute Gasteiger partial charge is 0.508 e. The Balaban J connectivity index is 1.86. The quantitative estimate of drug-likeness (QED) is 0.819. The zero-order chi connectivity index (χ0) is 16.9. The van der Waals surface area contributed by atoms with Gasteiger partial charge in [0.25, 0.3) is 5.91 Å². The van der Waals surface area contributed by atoms with Crippen molar-refractivity contribution >= 4 is 11.6 Å². The Morgan fingerprint density at radius 3 is 2.67 bits per heavy atom. The molecule has 4 heteroatoms. The van der Waals surface area contributed by atoms with Crippen LogP contribution in [-0.4, -0.2) is 23.7 Å². The third-order valence-electron chi connectivity index (χ3n) is 4.29. The molecule has 0 fully saturated rings. The molecular weight excluding hydrogens is 302 g/mol. The molecule has 126 valence electrons. The zero-order valence-electron chi connectivity index (χ0n) is 13.9. The topological polar surface area (TPSA) is 49.8 Å². The maximum absolute atomic E-state index is 12.9. The third-order valence-corrected chi connectivity index (χ3v) is 4.29. The normalized spacial score (nSPS) is 16.6. The fraction of sp³-hybridized carbons (Fsp3) is 0.350. The summed E-state index contributed by atoms with van der Waals surface area (Å²) in [5.41, 5.74) is 1.81. The molecule has 2 aromatic rings. The first-order valence-electron chi connectivity index (χ1n) is 8.54. The molecule has 1 unspecified atom stereocenters. The van der Waals surface area contributed by atoms with E-state index < -0.39 is 6.10 Å². The number of hydrogen-bond acceptors (Lipinski definition) is 3. The highest BCUT2D eigenvalue weighted by molar-refractivity contribution is 6.00. The molecule has 2 aromatic carbocycles. The van der Waals surface area contributed by atoms with E-state index in [1.807, 2.05) is 35.2 Å². The monoisotopic (exact) mass is 325 g/mol. The highest BCUT2D eigenvalue weighted by Gasteiger charge is 2.34. The van der Waals surface area contributed by atoms with Gasteiger partial charge in [0.1, 0.15) is 11.5 Å². The van der Waals surface area contributed by atoms with Crippen LogP contribution in [0.2, 0.25) is 0 Å². The lowest BCUT2D eigenvalue weighted by molar-refractivity contribution is -0.126. The number of carbonyl (C=O) groups excluding carboxylic acids is 1. The molecular formula is C20H23NO3. The van der Waals surface area contributed by atoms with Crippen LogP contribution >= 0.6 is 0 Å². The van der Waals surface area contributed by atoms with E-state index in [0.29, 0.717) is 18.7 Å². The van der Waals surface area contributed by atoms with Crippen LogP contribution in [0.15, 0.2) is 48.5 Å². The van der Waals surface area contributed by atoms with Crippen LogP contribution in [0, 0.1) is 0 Å². The summed E-state index contributed by atoms with van der Waals surface area (Å²) in [5.74, 6) is 0.718. The number of hydrogen-bond donors (Lipinski definition) is 1. The molecule has 1 atom stereocenters. The number of aromatic hydroxyl groups is 1. The van der Waals surface area contributed by atoms with Crippen molar-refractivity contribution in [1.29, 1.82) is 0 Å². The Morgan fingerprint density at radius 1 is 1.12 bits per heavy atom. The van der Waals surface area contributed by atoms with Gasteiger partial charge in [-0.25, -0.2) is 0 Å². The van der Waals surface area contributed by atoms with E-state index in [2.05, 4.69) is 6.92 Å². The predicted molar refractivity (Wildman–Crippen MR) is 94.5 cm³/mol. The molecule has 1 amide bonds. The van der Waals surface area contributed by atoms with Crippen LogP contribution in [0.5, 0.6) is 11.5 Å². The molecule has 1 aliphatic heterocycles. The van der Waals surface area contributed by atoms with E-state index in [0.717, 1.165) is 30.5 Å². The minimum absolute atomic E-state index is 0.00635. The smallest absolute Gasteiger partial charge is 0.268 e. The molecule has 0 radical (unpaired) electrons. The van der Waals surface area contributed by atoms with Gasteiger partial charge in [0, 0.05) is 19.0 Å². The highest BCUT2D eigenvalue weighted by atomic mass is 16.5. The molecule has 24 heavy (non-hydrogen) atoms. The van der Waals surface area contributed by atoms with Gasteiger partial charge in [-0.3, -0.25) is 4.79 Å². The summed E-state index contributed by atoms with van der Waals surface area (Å²) < 4.78 is 5.91. The van der Waals surface area contributed by atoms with Gasteiger partial charge in [0.15, 0.2) is 6.10 Å². The first-order valence-corrected chi connectivity index (χ1v) is 8.54. The Bertz CT molecular complexity index is 699. The molecule has 0 saturated heterocycles. The van der Waals surface area contributed by atoms with Crippen LogP contribution < -0.4 is 9.64 Å². The number of carbonyl (C=O) groups is 1. The van der Waals surface area contributed by atoms with Crippen molar-refractivity contribution < 1.29 is 14.6 Å². The van der Waals surface area contributed by atoms with Crippen molar-refractivity contribution in [3.05, 3.63) is 54.1 Å². The van der Waals surface area contributed by atoms with Crippen LogP contribution in [0.25, 0.3) is 0 Å². The van der Waals surface area contributed by atoms with Crippen molar-refractivity contribution in [3.63, 3.8) is 0 Å². The molecule has 4 nitrogen and oxygen atoms in total. The van der Waals surface area contributed by atoms with Crippen LogP contribution in [0.4, 0.5) is 5.69 Å². The van der Waals surface area contributed by atoms with Crippen molar-refractivity contribution in [2.45, 2.75) is 38.7 Å². The van der Waals surface area contributed by atoms with Gasteiger partial charge in [0.2, 0.25) is 0 Å². The van der Waals surface area contributed by atoms with Gasteiger partial charge in [-0.05, 0) is 24.1 Å². The first kappa shape index (κ1) is 16.4. The number of nitrogens with zero attached hydrogens (tertiary/aromatic N) is 1. The van der Waals surface area contributed by atoms with E-state index in [1.165, 1.54) is 0 Å². The summed E-state index contributed by atoms with van der Waals surface area (Å²) in [7, 11) is 0. The number of benzene rings is 2. The van der Waals surface area contributed by atoms with Gasteiger partial charge in [-0.15, -0.1) is 0 Å². The van der Waals surface area contributed by atoms with Gasteiger partial charge >= 0.3 is 0 Å². The second-order valence-electron chi connectivity index (χ2n) is 6.15. The summed E-state index contributed by atoms with van der Waals surface area (Å²) in [5, 5.41) is 9.75. The average molecular weight is 325 g/mol. The van der Waals surface area contributed by atoms with Crippen molar-refractivity contribution in [2.75, 3.05) is 11.4 Å². The maximum Gasteiger partial charge on any atom is 0.268 e.